The largest absolute Gasteiger partial charge is 0.307 e. The molecule has 0 aliphatic heterocycles. The highest BCUT2D eigenvalue weighted by molar-refractivity contribution is 5.25. The molecule has 1 atom stereocenters. The van der Waals surface area contributed by atoms with Crippen molar-refractivity contribution in [2.75, 3.05) is 0 Å². The summed E-state index contributed by atoms with van der Waals surface area (Å²) >= 11 is 0. The average molecular weight is 221 g/mol. The normalized spacial score (nSPS) is 26.2. The van der Waals surface area contributed by atoms with Crippen molar-refractivity contribution in [3.63, 3.8) is 0 Å². The Morgan fingerprint density at radius 3 is 2.62 bits per heavy atom. The first-order valence-electron chi connectivity index (χ1n) is 6.08. The van der Waals surface area contributed by atoms with E-state index in [0.717, 1.165) is 11.5 Å². The van der Waals surface area contributed by atoms with E-state index in [9.17, 15) is 4.39 Å². The van der Waals surface area contributed by atoms with Crippen molar-refractivity contribution >= 4 is 0 Å². The zero-order chi connectivity index (χ0) is 11.7. The summed E-state index contributed by atoms with van der Waals surface area (Å²) in [6.45, 7) is 6.17. The molecular weight excluding hydrogens is 201 g/mol. The molecule has 1 aliphatic carbocycles. The van der Waals surface area contributed by atoms with Crippen LogP contribution in [-0.4, -0.2) is 6.04 Å². The Hall–Kier alpha value is -0.890. The minimum Gasteiger partial charge on any atom is -0.307 e. The molecule has 0 bridgehead atoms. The second-order valence-corrected chi connectivity index (χ2v) is 5.17. The molecule has 1 N–H and O–H groups in total. The Labute approximate surface area is 97.1 Å². The number of aryl methyl sites for hydroxylation is 1. The van der Waals surface area contributed by atoms with Gasteiger partial charge in [0.15, 0.2) is 0 Å². The number of halogens is 1. The van der Waals surface area contributed by atoms with E-state index in [1.54, 1.807) is 13.0 Å². The van der Waals surface area contributed by atoms with Crippen LogP contribution in [0.3, 0.4) is 0 Å². The van der Waals surface area contributed by atoms with Crippen LogP contribution in [0.15, 0.2) is 18.2 Å². The van der Waals surface area contributed by atoms with Gasteiger partial charge in [-0.15, -0.1) is 0 Å². The Balaban J connectivity index is 1.97. The van der Waals surface area contributed by atoms with E-state index >= 15 is 0 Å². The van der Waals surface area contributed by atoms with Gasteiger partial charge in [0.2, 0.25) is 0 Å². The zero-order valence-corrected chi connectivity index (χ0v) is 10.3. The molecule has 16 heavy (non-hydrogen) atoms. The van der Waals surface area contributed by atoms with E-state index < -0.39 is 0 Å². The lowest BCUT2D eigenvalue weighted by molar-refractivity contribution is 0.226. The van der Waals surface area contributed by atoms with E-state index in [4.69, 9.17) is 0 Å². The second-order valence-electron chi connectivity index (χ2n) is 5.17. The molecule has 1 aliphatic rings. The Morgan fingerprint density at radius 1 is 1.38 bits per heavy atom. The van der Waals surface area contributed by atoms with Gasteiger partial charge in [-0.3, -0.25) is 0 Å². The molecule has 2 rings (SSSR count). The molecule has 0 radical (unpaired) electrons. The highest BCUT2D eigenvalue weighted by Crippen LogP contribution is 2.28. The van der Waals surface area contributed by atoms with Gasteiger partial charge in [-0.05, 0) is 49.8 Å². The van der Waals surface area contributed by atoms with Crippen LogP contribution in [0.4, 0.5) is 4.39 Å². The number of rotatable bonds is 3. The van der Waals surface area contributed by atoms with E-state index in [1.165, 1.54) is 12.8 Å². The molecule has 0 aromatic heterocycles. The third kappa shape index (κ3) is 2.43. The summed E-state index contributed by atoms with van der Waals surface area (Å²) in [5.74, 6) is 0.743. The van der Waals surface area contributed by atoms with Crippen LogP contribution in [0.25, 0.3) is 0 Å². The first-order valence-corrected chi connectivity index (χ1v) is 6.08. The molecule has 0 heterocycles. The number of benzene rings is 1. The van der Waals surface area contributed by atoms with Gasteiger partial charge in [-0.1, -0.05) is 19.1 Å². The van der Waals surface area contributed by atoms with Gasteiger partial charge in [0.25, 0.3) is 0 Å². The fraction of sp³-hybridized carbons (Fsp3) is 0.571. The van der Waals surface area contributed by atoms with Crippen LogP contribution >= 0.6 is 0 Å². The first kappa shape index (κ1) is 11.6. The van der Waals surface area contributed by atoms with Crippen LogP contribution in [0, 0.1) is 18.7 Å². The van der Waals surface area contributed by atoms with Gasteiger partial charge in [-0.2, -0.15) is 0 Å². The van der Waals surface area contributed by atoms with E-state index in [2.05, 4.69) is 19.2 Å². The molecule has 2 heteroatoms. The minimum atomic E-state index is -0.104. The summed E-state index contributed by atoms with van der Waals surface area (Å²) in [4.78, 5) is 0. The Bertz CT molecular complexity index is 369. The number of hydrogen-bond acceptors (Lipinski definition) is 1. The predicted octanol–water partition coefficient (Wildman–Crippen LogP) is 3.58. The van der Waals surface area contributed by atoms with Crippen molar-refractivity contribution in [1.29, 1.82) is 0 Å². The quantitative estimate of drug-likeness (QED) is 0.822. The molecule has 0 spiro atoms. The maximum absolute atomic E-state index is 13.4. The summed E-state index contributed by atoms with van der Waals surface area (Å²) < 4.78 is 13.4. The fourth-order valence-electron chi connectivity index (χ4n) is 2.37. The predicted molar refractivity (Wildman–Crippen MR) is 64.9 cm³/mol. The van der Waals surface area contributed by atoms with Crippen LogP contribution < -0.4 is 5.32 Å². The van der Waals surface area contributed by atoms with Gasteiger partial charge in [0.05, 0.1) is 0 Å². The standard InChI is InChI=1S/C14H20FN/c1-9-6-13(7-9)16-11(3)12-5-4-10(2)14(15)8-12/h4-5,8-9,11,13,16H,6-7H2,1-3H3. The van der Waals surface area contributed by atoms with Crippen molar-refractivity contribution in [3.05, 3.63) is 35.1 Å². The first-order chi connectivity index (χ1) is 7.56. The van der Waals surface area contributed by atoms with Gasteiger partial charge in [-0.25, -0.2) is 4.39 Å². The third-order valence-corrected chi connectivity index (χ3v) is 3.56. The fourth-order valence-corrected chi connectivity index (χ4v) is 2.37. The molecule has 1 nitrogen and oxygen atoms in total. The summed E-state index contributed by atoms with van der Waals surface area (Å²) in [5.41, 5.74) is 1.76. The Morgan fingerprint density at radius 2 is 2.06 bits per heavy atom. The molecule has 1 saturated carbocycles. The van der Waals surface area contributed by atoms with Crippen molar-refractivity contribution in [1.82, 2.24) is 5.32 Å². The van der Waals surface area contributed by atoms with Gasteiger partial charge in [0.1, 0.15) is 5.82 Å². The molecule has 1 fully saturated rings. The molecule has 88 valence electrons. The van der Waals surface area contributed by atoms with E-state index in [0.29, 0.717) is 11.6 Å². The van der Waals surface area contributed by atoms with Crippen molar-refractivity contribution in [2.24, 2.45) is 5.92 Å². The smallest absolute Gasteiger partial charge is 0.126 e. The van der Waals surface area contributed by atoms with Crippen molar-refractivity contribution < 1.29 is 4.39 Å². The summed E-state index contributed by atoms with van der Waals surface area (Å²) in [7, 11) is 0. The van der Waals surface area contributed by atoms with E-state index in [-0.39, 0.29) is 11.9 Å². The second kappa shape index (κ2) is 4.54. The topological polar surface area (TPSA) is 12.0 Å². The van der Waals surface area contributed by atoms with Crippen LogP contribution in [0.1, 0.15) is 43.9 Å². The highest BCUT2D eigenvalue weighted by Gasteiger charge is 2.26. The average Bonchev–Trinajstić information content (AvgIpc) is 2.19. The molecular formula is C14H20FN. The molecule has 0 saturated heterocycles. The third-order valence-electron chi connectivity index (χ3n) is 3.56. The summed E-state index contributed by atoms with van der Waals surface area (Å²) in [6, 6.07) is 6.38. The minimum absolute atomic E-state index is 0.104. The van der Waals surface area contributed by atoms with Crippen LogP contribution in [0.2, 0.25) is 0 Å². The molecule has 0 amide bonds. The monoisotopic (exact) mass is 221 g/mol. The lowest BCUT2D eigenvalue weighted by Gasteiger charge is -2.35. The van der Waals surface area contributed by atoms with Crippen LogP contribution in [-0.2, 0) is 0 Å². The SMILES string of the molecule is Cc1ccc(C(C)NC2CC(C)C2)cc1F. The van der Waals surface area contributed by atoms with Gasteiger partial charge in [0, 0.05) is 12.1 Å². The molecule has 1 unspecified atom stereocenters. The van der Waals surface area contributed by atoms with Crippen LogP contribution in [0.5, 0.6) is 0 Å². The summed E-state index contributed by atoms with van der Waals surface area (Å²) in [6.07, 6.45) is 2.50. The maximum Gasteiger partial charge on any atom is 0.126 e. The lowest BCUT2D eigenvalue weighted by atomic mass is 9.81. The molecule has 1 aromatic rings. The van der Waals surface area contributed by atoms with E-state index in [1.807, 2.05) is 12.1 Å². The number of hydrogen-bond donors (Lipinski definition) is 1. The van der Waals surface area contributed by atoms with Gasteiger partial charge < -0.3 is 5.32 Å². The maximum atomic E-state index is 13.4. The molecule has 1 aromatic carbocycles. The Kier molecular flexibility index (Phi) is 3.29. The highest BCUT2D eigenvalue weighted by atomic mass is 19.1. The van der Waals surface area contributed by atoms with Crippen molar-refractivity contribution in [3.8, 4) is 0 Å². The van der Waals surface area contributed by atoms with Crippen molar-refractivity contribution in [2.45, 2.75) is 45.7 Å². The zero-order valence-electron chi connectivity index (χ0n) is 10.3. The lowest BCUT2D eigenvalue weighted by Crippen LogP contribution is -2.41. The van der Waals surface area contributed by atoms with Gasteiger partial charge >= 0.3 is 0 Å². The number of nitrogens with one attached hydrogen (secondary N) is 1. The summed E-state index contributed by atoms with van der Waals surface area (Å²) in [5, 5.41) is 3.54.